The number of rotatable bonds is 24. The van der Waals surface area contributed by atoms with Crippen molar-refractivity contribution in [3.05, 3.63) is 123 Å². The average Bonchev–Trinajstić information content (AvgIpc) is 0.835. The highest BCUT2D eigenvalue weighted by molar-refractivity contribution is 8.05. The van der Waals surface area contributed by atoms with Gasteiger partial charge in [0.1, 0.15) is 21.5 Å². The number of nitrogens with one attached hydrogen (secondary N) is 3. The van der Waals surface area contributed by atoms with E-state index in [0.717, 1.165) is 88.1 Å². The molecule has 4 aromatic heterocycles. The fourth-order valence-corrected chi connectivity index (χ4v) is 14.1. The standard InChI is InChI=1S/C31H39ClN8O3S.C17H29N3O.C14H11Cl2N5O2S.B12/c1-6-7-20-16-26(28(43-4)17-27(20)40-14-10-21(11-15-40)39(2)3)37-31-35-18-23(32)30(38-31)36-24-8-9-25-29(34-13-12-33-25)22(24)19-44(5,41)42;1-5-6-13-11-15(18)17(21-4)12-16(13)20-9-7-14(8-10-20)19(2)3;1-24(22,23)7-8-10(2-3-11-12(8)18-5-4-17-11)20-13-9(15)6-19-14(16)21-13;1-8(2)11(7)12(9(3)4)10(5)6/h8-9,12-13,16-18,21H,6-7,10-11,14-15,19H2,1-5H3,(H2,35,36,37,38);11-12,14H,5-10,18H2,1-4H3;2-6H,7H2,1H3,(H,19,20,21);/q;;;-1. The van der Waals surface area contributed by atoms with Crippen LogP contribution in [0.15, 0.2) is 85.7 Å². The average molecular weight is 1440 g/mol. The summed E-state index contributed by atoms with van der Waals surface area (Å²) in [7, 11) is 43.2. The Bertz CT molecular complexity index is 4310. The van der Waals surface area contributed by atoms with Gasteiger partial charge in [0.15, 0.2) is 31.3 Å². The van der Waals surface area contributed by atoms with Gasteiger partial charge in [-0.1, -0.05) is 49.9 Å². The van der Waals surface area contributed by atoms with E-state index in [9.17, 15) is 16.8 Å². The molecule has 0 spiro atoms. The summed E-state index contributed by atoms with van der Waals surface area (Å²) in [4.78, 5) is 43.6. The van der Waals surface area contributed by atoms with E-state index in [2.05, 4.69) is 142 Å². The molecule has 0 aliphatic carbocycles. The molecule has 2 aliphatic rings. The SMILES string of the molecule is CCCc1cc(N)c(OC)cc1N1CCC(N(C)C)CC1.CCCc1cc(Nc2ncc(Cl)c(Nc3ccc4nccnc4c3CS(C)(=O)=O)n2)c(OC)cc1N1CCC(N(C)C)CC1.CS(=O)(=O)Cc1c(Nc2nc(Cl)ncc2Cl)ccc2nccnc12.[B]B([B])B(B([B])[B])B([B])B([B])[B-]. The normalized spacial score (nSPS) is 13.5. The van der Waals surface area contributed by atoms with Crippen LogP contribution in [0.1, 0.15) is 74.6 Å². The summed E-state index contributed by atoms with van der Waals surface area (Å²) in [6, 6.07) is 16.7. The maximum absolute atomic E-state index is 12.3. The van der Waals surface area contributed by atoms with Crippen LogP contribution >= 0.6 is 34.8 Å². The number of methoxy groups -OCH3 is 2. The van der Waals surface area contributed by atoms with Gasteiger partial charge < -0.3 is 58.5 Å². The lowest BCUT2D eigenvalue weighted by atomic mass is 8.53. The highest BCUT2D eigenvalue weighted by atomic mass is 35.5. The minimum absolute atomic E-state index is 0.0205. The molecule has 2 aliphatic heterocycles. The van der Waals surface area contributed by atoms with Gasteiger partial charge in [-0.05, 0) is 198 Å². The van der Waals surface area contributed by atoms with Crippen LogP contribution in [0, 0.1) is 0 Å². The lowest BCUT2D eigenvalue weighted by Crippen LogP contribution is -2.67. The molecule has 513 valence electrons. The van der Waals surface area contributed by atoms with Gasteiger partial charge in [0.25, 0.3) is 0 Å². The molecule has 0 unspecified atom stereocenters. The first-order valence-corrected chi connectivity index (χ1v) is 38.2. The summed E-state index contributed by atoms with van der Waals surface area (Å²) in [5.74, 6) is 1.94. The molecule has 8 aromatic rings. The second kappa shape index (κ2) is 37.9. The number of nitrogen functional groups attached to an aromatic ring is 1. The van der Waals surface area contributed by atoms with Crippen LogP contribution in [0.3, 0.4) is 0 Å². The number of ether oxygens (including phenoxy) is 2. The van der Waals surface area contributed by atoms with Crippen molar-refractivity contribution in [2.75, 3.05) is 113 Å². The number of hydrogen-bond donors (Lipinski definition) is 4. The number of fused-ring (bicyclic) bond motifs is 2. The van der Waals surface area contributed by atoms with Crippen molar-refractivity contribution < 1.29 is 26.3 Å². The molecule has 0 bridgehead atoms. The number of anilines is 9. The first kappa shape index (κ1) is 81.9. The minimum Gasteiger partial charge on any atom is -0.687 e. The van der Waals surface area contributed by atoms with Gasteiger partial charge in [0.05, 0.1) is 71.6 Å². The van der Waals surface area contributed by atoms with Crippen molar-refractivity contribution in [3.63, 3.8) is 0 Å². The summed E-state index contributed by atoms with van der Waals surface area (Å²) in [6.07, 6.45) is 16.9. The quantitative estimate of drug-likeness (QED) is 0.0275. The zero-order valence-corrected chi connectivity index (χ0v) is 62.8. The molecule has 39 heteroatoms. The minimum atomic E-state index is -3.38. The topological polar surface area (TPSA) is 265 Å². The van der Waals surface area contributed by atoms with Crippen molar-refractivity contribution in [2.24, 2.45) is 0 Å². The Labute approximate surface area is 622 Å². The molecule has 6 heterocycles. The molecule has 15 radical (unpaired) electrons. The second-order valence-corrected chi connectivity index (χ2v) is 30.9. The Hall–Kier alpha value is -6.41. The molecule has 0 saturated carbocycles. The Morgan fingerprint density at radius 1 is 0.594 bits per heavy atom. The Kier molecular flexibility index (Phi) is 30.7. The molecular weight excluding hydrogens is 1370 g/mol. The third-order valence-electron chi connectivity index (χ3n) is 17.2. The number of nitrogens with zero attached hydrogens (tertiary/aromatic N) is 12. The fraction of sp³-hybridized carbons (Fsp3) is 0.419. The number of nitrogens with two attached hydrogens (primary N) is 1. The summed E-state index contributed by atoms with van der Waals surface area (Å²) < 4.78 is 59.5. The smallest absolute Gasteiger partial charge is 0.229 e. The monoisotopic (exact) mass is 1440 g/mol. The van der Waals surface area contributed by atoms with Crippen LogP contribution in [0.4, 0.5) is 51.7 Å². The van der Waals surface area contributed by atoms with E-state index < -0.39 is 51.6 Å². The molecule has 0 atom stereocenters. The Balaban J connectivity index is 0.000000211. The zero-order valence-electron chi connectivity index (χ0n) is 58.9. The second-order valence-electron chi connectivity index (χ2n) is 25.4. The van der Waals surface area contributed by atoms with Gasteiger partial charge in [-0.15, -0.1) is 0 Å². The summed E-state index contributed by atoms with van der Waals surface area (Å²) in [5, 5.41) is 10.1. The summed E-state index contributed by atoms with van der Waals surface area (Å²) in [6.45, 7) is 8.58. The van der Waals surface area contributed by atoms with Crippen LogP contribution in [0.2, 0.25) is 15.3 Å². The molecule has 5 N–H and O–H groups in total. The van der Waals surface area contributed by atoms with Crippen LogP contribution in [0.25, 0.3) is 22.1 Å². The van der Waals surface area contributed by atoms with Gasteiger partial charge in [0, 0.05) is 122 Å². The van der Waals surface area contributed by atoms with Crippen molar-refractivity contribution in [3.8, 4) is 11.5 Å². The number of hydrogen-bond acceptors (Lipinski definition) is 22. The highest BCUT2D eigenvalue weighted by Crippen LogP contribution is 2.39. The molecule has 2 saturated heterocycles. The number of benzene rings is 4. The Morgan fingerprint density at radius 2 is 1.02 bits per heavy atom. The largest absolute Gasteiger partial charge is 0.687 e. The van der Waals surface area contributed by atoms with Gasteiger partial charge >= 0.3 is 0 Å². The third-order valence-corrected chi connectivity index (χ3v) is 19.6. The first-order valence-electron chi connectivity index (χ1n) is 32.9. The van der Waals surface area contributed by atoms with Gasteiger partial charge in [-0.2, -0.15) is 9.97 Å². The van der Waals surface area contributed by atoms with Crippen molar-refractivity contribution >= 4 is 214 Å². The van der Waals surface area contributed by atoms with Crippen LogP contribution in [0.5, 0.6) is 11.5 Å². The summed E-state index contributed by atoms with van der Waals surface area (Å²) >= 11 is 18.4. The lowest BCUT2D eigenvalue weighted by molar-refractivity contribution is 0.249. The molecule has 101 heavy (non-hydrogen) atoms. The van der Waals surface area contributed by atoms with Crippen LogP contribution in [-0.4, -0.2) is 246 Å². The number of halogens is 3. The number of sulfone groups is 2. The van der Waals surface area contributed by atoms with Crippen LogP contribution in [-0.2, 0) is 44.0 Å². The van der Waals surface area contributed by atoms with Crippen molar-refractivity contribution in [2.45, 2.75) is 88.8 Å². The van der Waals surface area contributed by atoms with E-state index in [4.69, 9.17) is 104 Å². The molecule has 0 amide bonds. The van der Waals surface area contributed by atoms with Gasteiger partial charge in [-0.25, -0.2) is 33.2 Å². The maximum Gasteiger partial charge on any atom is 0.229 e. The van der Waals surface area contributed by atoms with E-state index >= 15 is 0 Å². The molecular formula is C62H79B12Cl3N16O6S2-. The predicted molar refractivity (Wildman–Crippen MR) is 430 cm³/mol. The van der Waals surface area contributed by atoms with Crippen molar-refractivity contribution in [1.82, 2.24) is 49.7 Å². The maximum atomic E-state index is 12.3. The first-order chi connectivity index (χ1) is 47.8. The number of piperidine rings is 2. The van der Waals surface area contributed by atoms with Gasteiger partial charge in [-0.3, -0.25) is 19.9 Å². The fourth-order valence-electron chi connectivity index (χ4n) is 12.1. The zero-order chi connectivity index (χ0) is 74.0. The molecule has 10 rings (SSSR count). The predicted octanol–water partition coefficient (Wildman–Crippen LogP) is 6.80. The van der Waals surface area contributed by atoms with Gasteiger partial charge in [0.2, 0.25) is 11.2 Å². The van der Waals surface area contributed by atoms with E-state index in [1.165, 1.54) is 66.4 Å². The van der Waals surface area contributed by atoms with E-state index in [-0.39, 0.29) is 32.7 Å². The summed E-state index contributed by atoms with van der Waals surface area (Å²) in [5.41, 5.74) is 16.8. The molecule has 4 aromatic carbocycles. The van der Waals surface area contributed by atoms with Crippen LogP contribution < -0.4 is 41.0 Å². The van der Waals surface area contributed by atoms with E-state index in [1.807, 2.05) is 0 Å². The lowest BCUT2D eigenvalue weighted by Gasteiger charge is -2.37. The van der Waals surface area contributed by atoms with E-state index in [0.29, 0.717) is 74.2 Å². The van der Waals surface area contributed by atoms with E-state index in [1.54, 1.807) is 50.9 Å². The third kappa shape index (κ3) is 23.3. The number of aryl methyl sites for hydroxylation is 2. The molecule has 22 nitrogen and oxygen atoms in total. The highest BCUT2D eigenvalue weighted by Gasteiger charge is 2.29. The Morgan fingerprint density at radius 3 is 1.43 bits per heavy atom. The molecule has 2 fully saturated rings. The van der Waals surface area contributed by atoms with Crippen molar-refractivity contribution in [1.29, 1.82) is 0 Å². The number of aromatic nitrogens is 8.